The van der Waals surface area contributed by atoms with Gasteiger partial charge in [-0.05, 0) is 65.4 Å². The van der Waals surface area contributed by atoms with Crippen LogP contribution in [0.5, 0.6) is 0 Å². The van der Waals surface area contributed by atoms with Gasteiger partial charge in [0.1, 0.15) is 35.2 Å². The first-order valence-corrected chi connectivity index (χ1v) is 18.8. The molecule has 6 aromatic rings. The first kappa shape index (κ1) is 46.5. The average Bonchev–Trinajstić information content (AvgIpc) is 4.01. The molecule has 2 saturated heterocycles. The number of cyclic esters (lactones) is 2. The van der Waals surface area contributed by atoms with Crippen LogP contribution in [0.1, 0.15) is 13.3 Å². The number of halogens is 2. The smallest absolute Gasteiger partial charge is 0.790 e. The van der Waals surface area contributed by atoms with E-state index < -0.39 is 44.4 Å². The molecule has 0 aliphatic carbocycles. The molecular weight excluding hydrogens is 831 g/mol. The second kappa shape index (κ2) is 19.8. The number of carbonyl (C=O) groups excluding carboxylic acids is 2. The van der Waals surface area contributed by atoms with Crippen LogP contribution in [0.3, 0.4) is 0 Å². The van der Waals surface area contributed by atoms with Crippen LogP contribution >= 0.6 is 7.82 Å². The first-order valence-electron chi connectivity index (χ1n) is 17.4. The molecule has 2 aliphatic rings. The largest absolute Gasteiger partial charge is 1.00 e. The third kappa shape index (κ3) is 11.0. The van der Waals surface area contributed by atoms with Crippen LogP contribution in [-0.4, -0.2) is 94.5 Å². The number of aryl methyl sites for hydroxylation is 2. The summed E-state index contributed by atoms with van der Waals surface area (Å²) in [6.07, 6.45) is 1.35. The number of ether oxygens (including phenoxy) is 2. The zero-order valence-electron chi connectivity index (χ0n) is 32.7. The van der Waals surface area contributed by atoms with Crippen molar-refractivity contribution in [1.29, 1.82) is 0 Å². The van der Waals surface area contributed by atoms with E-state index in [0.29, 0.717) is 52.0 Å². The van der Waals surface area contributed by atoms with Gasteiger partial charge in [0.15, 0.2) is 0 Å². The second-order valence-electron chi connectivity index (χ2n) is 12.8. The van der Waals surface area contributed by atoms with Crippen molar-refractivity contribution in [2.75, 3.05) is 29.5 Å². The average molecular weight is 863 g/mol. The van der Waals surface area contributed by atoms with Crippen molar-refractivity contribution >= 4 is 31.4 Å². The summed E-state index contributed by atoms with van der Waals surface area (Å²) in [6, 6.07) is 15.5. The van der Waals surface area contributed by atoms with E-state index in [-0.39, 0.29) is 83.0 Å². The Balaban J connectivity index is 0.000000222. The quantitative estimate of drug-likeness (QED) is 0.0989. The maximum atomic E-state index is 14.8. The van der Waals surface area contributed by atoms with E-state index in [9.17, 15) is 32.7 Å². The van der Waals surface area contributed by atoms with Crippen molar-refractivity contribution in [2.45, 2.75) is 25.6 Å². The molecular formula is C35H31F2N12Na2O8P. The van der Waals surface area contributed by atoms with Gasteiger partial charge >= 0.3 is 71.3 Å². The van der Waals surface area contributed by atoms with E-state index in [4.69, 9.17) is 9.47 Å². The number of tetrazole rings is 2. The van der Waals surface area contributed by atoms with Crippen LogP contribution in [0.2, 0.25) is 0 Å². The summed E-state index contributed by atoms with van der Waals surface area (Å²) in [5.41, 5.74) is 3.46. The fourth-order valence-electron chi connectivity index (χ4n) is 5.89. The molecule has 25 heteroatoms. The Morgan fingerprint density at radius 2 is 1.18 bits per heavy atom. The normalized spacial score (nSPS) is 16.1. The van der Waals surface area contributed by atoms with Gasteiger partial charge in [0.05, 0.1) is 53.0 Å². The zero-order valence-corrected chi connectivity index (χ0v) is 37.6. The molecule has 0 saturated carbocycles. The number of anilines is 2. The predicted octanol–water partition coefficient (Wildman–Crippen LogP) is -2.93. The van der Waals surface area contributed by atoms with Gasteiger partial charge < -0.3 is 28.3 Å². The molecule has 20 nitrogen and oxygen atoms in total. The van der Waals surface area contributed by atoms with E-state index in [1.807, 2.05) is 6.92 Å². The minimum absolute atomic E-state index is 0. The molecule has 0 spiro atoms. The number of rotatable bonds is 10. The predicted molar refractivity (Wildman–Crippen MR) is 194 cm³/mol. The van der Waals surface area contributed by atoms with Crippen molar-refractivity contribution in [3.05, 3.63) is 84.7 Å². The molecule has 0 N–H and O–H groups in total. The van der Waals surface area contributed by atoms with Gasteiger partial charge in [0.25, 0.3) is 0 Å². The SMILES string of the molecule is CC[C@H]1CN(c2ccc(-c3ccc(-c4nnn(C)n4)nc3)c(F)c2)C(=O)O1.Cn1nnc(-c2ccc(-c3ccc(N4C[C@H](COP(=O)([O-])[O-])OC4=O)cc3F)cn2)n1.[Na+].[Na+]. The number of phosphoric ester groups is 1. The molecule has 0 unspecified atom stereocenters. The van der Waals surface area contributed by atoms with Crippen LogP contribution in [-0.2, 0) is 32.7 Å². The number of carbonyl (C=O) groups is 2. The van der Waals surface area contributed by atoms with Crippen LogP contribution in [0.4, 0.5) is 29.7 Å². The van der Waals surface area contributed by atoms with Crippen molar-refractivity contribution in [3.8, 4) is 45.3 Å². The van der Waals surface area contributed by atoms with Crippen LogP contribution in [0, 0.1) is 11.6 Å². The second-order valence-corrected chi connectivity index (χ2v) is 13.9. The summed E-state index contributed by atoms with van der Waals surface area (Å²) in [4.78, 5) is 58.8. The van der Waals surface area contributed by atoms with Gasteiger partial charge in [-0.1, -0.05) is 19.1 Å². The number of nitrogens with zero attached hydrogens (tertiary/aromatic N) is 12. The summed E-state index contributed by atoms with van der Waals surface area (Å²) >= 11 is 0. The van der Waals surface area contributed by atoms with Gasteiger partial charge in [-0.2, -0.15) is 9.59 Å². The Kier molecular flexibility index (Phi) is 15.4. The molecule has 0 radical (unpaired) electrons. The van der Waals surface area contributed by atoms with Crippen molar-refractivity contribution in [1.82, 2.24) is 50.4 Å². The number of hydrogen-bond acceptors (Lipinski definition) is 16. The fourth-order valence-corrected chi connectivity index (χ4v) is 6.24. The summed E-state index contributed by atoms with van der Waals surface area (Å²) < 4.78 is 54.3. The topological polar surface area (TPSA) is 244 Å². The molecule has 4 aromatic heterocycles. The maximum Gasteiger partial charge on any atom is 1.00 e. The van der Waals surface area contributed by atoms with Crippen molar-refractivity contribution in [2.24, 2.45) is 14.1 Å². The Morgan fingerprint density at radius 3 is 1.53 bits per heavy atom. The maximum absolute atomic E-state index is 14.8. The molecule has 6 heterocycles. The summed E-state index contributed by atoms with van der Waals surface area (Å²) in [5.74, 6) is -0.313. The Morgan fingerprint density at radius 1 is 0.733 bits per heavy atom. The number of amides is 2. The van der Waals surface area contributed by atoms with Gasteiger partial charge in [-0.25, -0.2) is 18.4 Å². The zero-order chi connectivity index (χ0) is 41.1. The minimum Gasteiger partial charge on any atom is -0.790 e. The van der Waals surface area contributed by atoms with Crippen molar-refractivity contribution in [3.63, 3.8) is 0 Å². The molecule has 300 valence electrons. The third-order valence-electron chi connectivity index (χ3n) is 8.77. The van der Waals surface area contributed by atoms with Crippen LogP contribution in [0.25, 0.3) is 45.3 Å². The van der Waals surface area contributed by atoms with E-state index in [2.05, 4.69) is 45.3 Å². The Bertz CT molecular complexity index is 2510. The van der Waals surface area contributed by atoms with E-state index >= 15 is 0 Å². The monoisotopic (exact) mass is 862 g/mol. The Labute approximate surface area is 384 Å². The van der Waals surface area contributed by atoms with Crippen LogP contribution in [0.15, 0.2) is 73.1 Å². The number of pyridine rings is 2. The third-order valence-corrected chi connectivity index (χ3v) is 9.24. The fraction of sp³-hybridized carbons (Fsp3) is 0.257. The molecule has 2 fully saturated rings. The molecule has 0 bridgehead atoms. The van der Waals surface area contributed by atoms with E-state index in [1.54, 1.807) is 56.7 Å². The molecule has 2 aromatic carbocycles. The van der Waals surface area contributed by atoms with Gasteiger partial charge in [0, 0.05) is 34.6 Å². The van der Waals surface area contributed by atoms with Gasteiger partial charge in [-0.15, -0.1) is 20.4 Å². The summed E-state index contributed by atoms with van der Waals surface area (Å²) in [7, 11) is -1.90. The van der Waals surface area contributed by atoms with Crippen LogP contribution < -0.4 is 78.7 Å². The summed E-state index contributed by atoms with van der Waals surface area (Å²) in [6.45, 7) is 1.67. The molecule has 2 atom stereocenters. The van der Waals surface area contributed by atoms with E-state index in [1.165, 1.54) is 38.9 Å². The number of phosphoric acid groups is 1. The Hall–Kier alpha value is -4.61. The summed E-state index contributed by atoms with van der Waals surface area (Å²) in [5, 5.41) is 23.4. The molecule has 8 rings (SSSR count). The standard InChI is InChI=1S/C18H17FN6O2.C17H16FN6O6P.2Na/c1-3-13-10-25(18(26)27-13)12-5-6-14(15(19)8-12)11-4-7-16(20-9-11)17-21-23-24(2)22-17;1-23-21-16(20-22-23)15-5-2-10(7-19-15)13-4-3-11(6-14(13)18)24-8-12(30-17(24)25)9-29-31(26,27)28;;/h4-9,13H,3,10H2,1-2H3;2-7,12H,8-9H2,1H3,(H2,26,27,28);;/q;;2*+1/p-2/t13-;12-;;/m01../s1. The molecule has 2 amide bonds. The molecule has 2 aliphatic heterocycles. The van der Waals surface area contributed by atoms with Crippen molar-refractivity contribution < 1.29 is 106 Å². The number of hydrogen-bond donors (Lipinski definition) is 0. The van der Waals surface area contributed by atoms with E-state index in [0.717, 1.165) is 17.4 Å². The number of aromatic nitrogens is 10. The van der Waals surface area contributed by atoms with Gasteiger partial charge in [0.2, 0.25) is 11.6 Å². The molecule has 60 heavy (non-hydrogen) atoms. The number of benzene rings is 2. The van der Waals surface area contributed by atoms with Gasteiger partial charge in [-0.3, -0.25) is 19.8 Å². The first-order chi connectivity index (χ1) is 27.7. The minimum atomic E-state index is -5.19.